The van der Waals surface area contributed by atoms with Crippen molar-refractivity contribution in [1.29, 1.82) is 0 Å². The number of nitrogens with two attached hydrogens (primary N) is 2. The fourth-order valence-electron chi connectivity index (χ4n) is 1.94. The Labute approximate surface area is 117 Å². The van der Waals surface area contributed by atoms with Crippen LogP contribution in [0, 0.1) is 0 Å². The smallest absolute Gasteiger partial charge is 0.185 e. The molecule has 1 aromatic heterocycles. The van der Waals surface area contributed by atoms with Crippen molar-refractivity contribution >= 4 is 26.6 Å². The second-order valence-corrected chi connectivity index (χ2v) is 6.41. The van der Waals surface area contributed by atoms with Crippen molar-refractivity contribution in [3.63, 3.8) is 0 Å². The summed E-state index contributed by atoms with van der Waals surface area (Å²) >= 11 is 0. The predicted octanol–water partition coefficient (Wildman–Crippen LogP) is 0.672. The first kappa shape index (κ1) is 14.3. The molecule has 0 spiro atoms. The SMILES string of the molecule is NC(N)=NCCCS(=O)(=O)c1cccc2cnccc12. The lowest BCUT2D eigenvalue weighted by Gasteiger charge is -2.07. The third-order valence-electron chi connectivity index (χ3n) is 2.84. The third kappa shape index (κ3) is 3.24. The molecule has 1 aromatic carbocycles. The van der Waals surface area contributed by atoms with Crippen molar-refractivity contribution in [1.82, 2.24) is 4.98 Å². The van der Waals surface area contributed by atoms with E-state index < -0.39 is 9.84 Å². The Morgan fingerprint density at radius 2 is 2.05 bits per heavy atom. The van der Waals surface area contributed by atoms with Crippen LogP contribution in [0.5, 0.6) is 0 Å². The number of hydrogen-bond donors (Lipinski definition) is 2. The molecule has 2 rings (SSSR count). The number of aliphatic imine (C=N–C) groups is 1. The fraction of sp³-hybridized carbons (Fsp3) is 0.231. The minimum Gasteiger partial charge on any atom is -0.370 e. The molecule has 2 aromatic rings. The molecule has 0 fully saturated rings. The monoisotopic (exact) mass is 292 g/mol. The number of rotatable bonds is 5. The van der Waals surface area contributed by atoms with E-state index in [1.54, 1.807) is 30.6 Å². The lowest BCUT2D eigenvalue weighted by atomic mass is 10.2. The van der Waals surface area contributed by atoms with Gasteiger partial charge in [-0.15, -0.1) is 0 Å². The van der Waals surface area contributed by atoms with Crippen LogP contribution in [0.3, 0.4) is 0 Å². The first-order valence-corrected chi connectivity index (χ1v) is 7.77. The van der Waals surface area contributed by atoms with Crippen molar-refractivity contribution in [2.75, 3.05) is 12.3 Å². The maximum absolute atomic E-state index is 12.4. The molecule has 1 heterocycles. The highest BCUT2D eigenvalue weighted by molar-refractivity contribution is 7.91. The highest BCUT2D eigenvalue weighted by Crippen LogP contribution is 2.23. The molecule has 0 aliphatic heterocycles. The van der Waals surface area contributed by atoms with Gasteiger partial charge in [-0.05, 0) is 18.6 Å². The summed E-state index contributed by atoms with van der Waals surface area (Å²) in [6.07, 6.45) is 3.61. The number of sulfone groups is 1. The fourth-order valence-corrected chi connectivity index (χ4v) is 3.47. The van der Waals surface area contributed by atoms with E-state index >= 15 is 0 Å². The van der Waals surface area contributed by atoms with Gasteiger partial charge in [0.15, 0.2) is 15.8 Å². The molecular formula is C13H16N4O2S. The zero-order valence-corrected chi connectivity index (χ0v) is 11.7. The largest absolute Gasteiger partial charge is 0.370 e. The minimum atomic E-state index is -3.36. The maximum Gasteiger partial charge on any atom is 0.185 e. The zero-order valence-electron chi connectivity index (χ0n) is 10.9. The lowest BCUT2D eigenvalue weighted by Crippen LogP contribution is -2.23. The van der Waals surface area contributed by atoms with E-state index in [1.807, 2.05) is 6.07 Å². The van der Waals surface area contributed by atoms with Gasteiger partial charge in [0.1, 0.15) is 0 Å². The van der Waals surface area contributed by atoms with Crippen molar-refractivity contribution < 1.29 is 8.42 Å². The van der Waals surface area contributed by atoms with E-state index in [0.29, 0.717) is 23.2 Å². The third-order valence-corrected chi connectivity index (χ3v) is 4.69. The second kappa shape index (κ2) is 5.87. The van der Waals surface area contributed by atoms with Crippen LogP contribution in [0.4, 0.5) is 0 Å². The molecule has 0 bridgehead atoms. The highest BCUT2D eigenvalue weighted by atomic mass is 32.2. The van der Waals surface area contributed by atoms with Gasteiger partial charge in [0.2, 0.25) is 0 Å². The molecule has 0 unspecified atom stereocenters. The lowest BCUT2D eigenvalue weighted by molar-refractivity contribution is 0.594. The van der Waals surface area contributed by atoms with Crippen LogP contribution in [-0.2, 0) is 9.84 Å². The number of benzene rings is 1. The number of guanidine groups is 1. The average Bonchev–Trinajstić information content (AvgIpc) is 2.43. The van der Waals surface area contributed by atoms with Crippen molar-refractivity contribution in [2.24, 2.45) is 16.5 Å². The summed E-state index contributed by atoms with van der Waals surface area (Å²) in [7, 11) is -3.36. The molecule has 7 heteroatoms. The number of hydrogen-bond acceptors (Lipinski definition) is 4. The number of aromatic nitrogens is 1. The van der Waals surface area contributed by atoms with E-state index in [-0.39, 0.29) is 11.7 Å². The van der Waals surface area contributed by atoms with Gasteiger partial charge < -0.3 is 11.5 Å². The van der Waals surface area contributed by atoms with Gasteiger partial charge in [0, 0.05) is 29.7 Å². The molecular weight excluding hydrogens is 276 g/mol. The van der Waals surface area contributed by atoms with E-state index in [2.05, 4.69) is 9.98 Å². The summed E-state index contributed by atoms with van der Waals surface area (Å²) in [5, 5.41) is 1.49. The minimum absolute atomic E-state index is 0.00517. The van der Waals surface area contributed by atoms with Crippen LogP contribution in [0.1, 0.15) is 6.42 Å². The van der Waals surface area contributed by atoms with Gasteiger partial charge in [-0.25, -0.2) is 8.42 Å². The molecule has 0 aliphatic carbocycles. The van der Waals surface area contributed by atoms with Crippen molar-refractivity contribution in [2.45, 2.75) is 11.3 Å². The van der Waals surface area contributed by atoms with Gasteiger partial charge in [-0.3, -0.25) is 9.98 Å². The average molecular weight is 292 g/mol. The Kier molecular flexibility index (Phi) is 4.19. The summed E-state index contributed by atoms with van der Waals surface area (Å²) in [6, 6.07) is 6.87. The van der Waals surface area contributed by atoms with Crippen LogP contribution in [-0.4, -0.2) is 31.7 Å². The van der Waals surface area contributed by atoms with E-state index in [4.69, 9.17) is 11.5 Å². The summed E-state index contributed by atoms with van der Waals surface area (Å²) in [6.45, 7) is 0.299. The standard InChI is InChI=1S/C13H16N4O2S/c14-13(15)17-6-2-8-20(18,19)12-4-1-3-10-9-16-7-5-11(10)12/h1,3-5,7,9H,2,6,8H2,(H4,14,15,17). The quantitative estimate of drug-likeness (QED) is 0.478. The Hall–Kier alpha value is -2.15. The van der Waals surface area contributed by atoms with Crippen molar-refractivity contribution in [3.8, 4) is 0 Å². The van der Waals surface area contributed by atoms with Crippen molar-refractivity contribution in [3.05, 3.63) is 36.7 Å². The Bertz CT molecular complexity index is 732. The van der Waals surface area contributed by atoms with Crippen LogP contribution in [0.15, 0.2) is 46.5 Å². The molecule has 106 valence electrons. The molecule has 6 nitrogen and oxygen atoms in total. The highest BCUT2D eigenvalue weighted by Gasteiger charge is 2.16. The van der Waals surface area contributed by atoms with Crippen LogP contribution >= 0.6 is 0 Å². The number of fused-ring (bicyclic) bond motifs is 1. The van der Waals surface area contributed by atoms with Crippen LogP contribution < -0.4 is 11.5 Å². The molecule has 0 saturated carbocycles. The summed E-state index contributed by atoms with van der Waals surface area (Å²) < 4.78 is 24.7. The second-order valence-electron chi connectivity index (χ2n) is 4.33. The van der Waals surface area contributed by atoms with Crippen LogP contribution in [0.2, 0.25) is 0 Å². The molecule has 4 N–H and O–H groups in total. The number of nitrogens with zero attached hydrogens (tertiary/aromatic N) is 2. The van der Waals surface area contributed by atoms with Gasteiger partial charge in [-0.2, -0.15) is 0 Å². The topological polar surface area (TPSA) is 111 Å². The van der Waals surface area contributed by atoms with Gasteiger partial charge in [-0.1, -0.05) is 12.1 Å². The van der Waals surface area contributed by atoms with Crippen LogP contribution in [0.25, 0.3) is 10.8 Å². The normalized spacial score (nSPS) is 11.4. The first-order valence-electron chi connectivity index (χ1n) is 6.11. The molecule has 20 heavy (non-hydrogen) atoms. The Balaban J connectivity index is 2.26. The first-order chi connectivity index (χ1) is 9.50. The zero-order chi connectivity index (χ0) is 14.6. The summed E-state index contributed by atoms with van der Waals surface area (Å²) in [4.78, 5) is 8.09. The molecule has 0 atom stereocenters. The summed E-state index contributed by atoms with van der Waals surface area (Å²) in [5.74, 6) is -0.0239. The summed E-state index contributed by atoms with van der Waals surface area (Å²) in [5.41, 5.74) is 10.4. The molecule has 0 saturated heterocycles. The molecule has 0 amide bonds. The molecule has 0 radical (unpaired) electrons. The predicted molar refractivity (Wildman–Crippen MR) is 79.1 cm³/mol. The molecule has 0 aliphatic rings. The van der Waals surface area contributed by atoms with E-state index in [1.165, 1.54) is 0 Å². The van der Waals surface area contributed by atoms with Gasteiger partial charge in [0.05, 0.1) is 10.6 Å². The van der Waals surface area contributed by atoms with E-state index in [9.17, 15) is 8.42 Å². The Morgan fingerprint density at radius 3 is 2.80 bits per heavy atom. The van der Waals surface area contributed by atoms with Gasteiger partial charge >= 0.3 is 0 Å². The number of pyridine rings is 1. The Morgan fingerprint density at radius 1 is 1.25 bits per heavy atom. The van der Waals surface area contributed by atoms with E-state index in [0.717, 1.165) is 5.39 Å². The maximum atomic E-state index is 12.4. The van der Waals surface area contributed by atoms with Gasteiger partial charge in [0.25, 0.3) is 0 Å².